The van der Waals surface area contributed by atoms with Gasteiger partial charge in [0.05, 0.1) is 18.2 Å². The minimum Gasteiger partial charge on any atom is -0.495 e. The predicted molar refractivity (Wildman–Crippen MR) is 80.7 cm³/mol. The topological polar surface area (TPSA) is 22.1 Å². The summed E-state index contributed by atoms with van der Waals surface area (Å²) in [5.74, 6) is 6.97. The number of methoxy groups -OCH3 is 1. The molecule has 0 aliphatic heterocycles. The molecule has 0 spiro atoms. The third kappa shape index (κ3) is 2.48. The molecule has 0 N–H and O–H groups in total. The minimum atomic E-state index is 0.759. The SMILES string of the molecule is COc1ccccc1C#Cc1ccc2ccccc2n1. The van der Waals surface area contributed by atoms with Crippen LogP contribution >= 0.6 is 0 Å². The first-order chi connectivity index (χ1) is 9.86. The van der Waals surface area contributed by atoms with Gasteiger partial charge in [0.1, 0.15) is 11.4 Å². The summed E-state index contributed by atoms with van der Waals surface area (Å²) >= 11 is 0. The van der Waals surface area contributed by atoms with Crippen LogP contribution in [-0.2, 0) is 0 Å². The standard InChI is InChI=1S/C18H13NO/c1-20-18-9-5-3-7-15(18)11-13-16-12-10-14-6-2-4-8-17(14)19-16/h2-10,12H,1H3. The van der Waals surface area contributed by atoms with Gasteiger partial charge in [0.25, 0.3) is 0 Å². The molecule has 2 heteroatoms. The molecule has 3 rings (SSSR count). The molecule has 1 aromatic heterocycles. The smallest absolute Gasteiger partial charge is 0.134 e. The third-order valence-corrected chi connectivity index (χ3v) is 3.03. The number of aromatic nitrogens is 1. The summed E-state index contributed by atoms with van der Waals surface area (Å²) in [7, 11) is 1.65. The molecule has 0 unspecified atom stereocenters. The maximum atomic E-state index is 5.28. The van der Waals surface area contributed by atoms with Crippen LogP contribution in [0.25, 0.3) is 10.9 Å². The largest absolute Gasteiger partial charge is 0.495 e. The first-order valence-corrected chi connectivity index (χ1v) is 6.37. The molecule has 0 fully saturated rings. The van der Waals surface area contributed by atoms with Crippen LogP contribution in [-0.4, -0.2) is 12.1 Å². The van der Waals surface area contributed by atoms with Crippen LogP contribution in [0.2, 0.25) is 0 Å². The zero-order valence-corrected chi connectivity index (χ0v) is 11.1. The van der Waals surface area contributed by atoms with Gasteiger partial charge >= 0.3 is 0 Å². The van der Waals surface area contributed by atoms with Crippen molar-refractivity contribution in [2.45, 2.75) is 0 Å². The van der Waals surface area contributed by atoms with E-state index in [2.05, 4.69) is 16.8 Å². The highest BCUT2D eigenvalue weighted by Crippen LogP contribution is 2.16. The Labute approximate surface area is 118 Å². The molecule has 0 radical (unpaired) electrons. The van der Waals surface area contributed by atoms with Gasteiger partial charge in [-0.1, -0.05) is 42.3 Å². The van der Waals surface area contributed by atoms with E-state index >= 15 is 0 Å². The van der Waals surface area contributed by atoms with Crippen LogP contribution in [0.4, 0.5) is 0 Å². The Bertz CT molecular complexity index is 812. The molecular weight excluding hydrogens is 246 g/mol. The number of fused-ring (bicyclic) bond motifs is 1. The second kappa shape index (κ2) is 5.46. The van der Waals surface area contributed by atoms with Crippen LogP contribution in [0.15, 0.2) is 60.7 Å². The van der Waals surface area contributed by atoms with Gasteiger partial charge in [-0.2, -0.15) is 0 Å². The molecule has 2 aromatic carbocycles. The Morgan fingerprint density at radius 2 is 1.65 bits per heavy atom. The first-order valence-electron chi connectivity index (χ1n) is 6.37. The number of hydrogen-bond donors (Lipinski definition) is 0. The number of ether oxygens (including phenoxy) is 1. The number of pyridine rings is 1. The molecule has 0 saturated carbocycles. The average molecular weight is 259 g/mol. The van der Waals surface area contributed by atoms with Gasteiger partial charge in [-0.15, -0.1) is 0 Å². The van der Waals surface area contributed by atoms with E-state index in [1.165, 1.54) is 0 Å². The number of para-hydroxylation sites is 2. The lowest BCUT2D eigenvalue weighted by Gasteiger charge is -2.01. The highest BCUT2D eigenvalue weighted by atomic mass is 16.5. The van der Waals surface area contributed by atoms with Crippen molar-refractivity contribution in [2.75, 3.05) is 7.11 Å². The lowest BCUT2D eigenvalue weighted by molar-refractivity contribution is 0.413. The maximum Gasteiger partial charge on any atom is 0.134 e. The Hall–Kier alpha value is -2.79. The summed E-state index contributed by atoms with van der Waals surface area (Å²) < 4.78 is 5.28. The van der Waals surface area contributed by atoms with Crippen LogP contribution in [0.3, 0.4) is 0 Å². The van der Waals surface area contributed by atoms with Crippen molar-refractivity contribution in [3.8, 4) is 17.6 Å². The summed E-state index contributed by atoms with van der Waals surface area (Å²) in [6.45, 7) is 0. The zero-order chi connectivity index (χ0) is 13.8. The lowest BCUT2D eigenvalue weighted by Crippen LogP contribution is -1.87. The molecule has 0 bridgehead atoms. The van der Waals surface area contributed by atoms with Crippen molar-refractivity contribution in [3.63, 3.8) is 0 Å². The number of hydrogen-bond acceptors (Lipinski definition) is 2. The van der Waals surface area contributed by atoms with Crippen molar-refractivity contribution in [1.82, 2.24) is 4.98 Å². The molecule has 96 valence electrons. The third-order valence-electron chi connectivity index (χ3n) is 3.03. The Kier molecular flexibility index (Phi) is 3.34. The molecule has 20 heavy (non-hydrogen) atoms. The molecule has 0 atom stereocenters. The van der Waals surface area contributed by atoms with Crippen molar-refractivity contribution in [1.29, 1.82) is 0 Å². The molecule has 2 nitrogen and oxygen atoms in total. The number of benzene rings is 2. The van der Waals surface area contributed by atoms with Gasteiger partial charge in [-0.25, -0.2) is 4.98 Å². The van der Waals surface area contributed by atoms with Gasteiger partial charge in [0, 0.05) is 5.39 Å². The van der Waals surface area contributed by atoms with Crippen LogP contribution in [0.1, 0.15) is 11.3 Å². The van der Waals surface area contributed by atoms with E-state index < -0.39 is 0 Å². The average Bonchev–Trinajstić information content (AvgIpc) is 2.53. The van der Waals surface area contributed by atoms with E-state index in [0.717, 1.165) is 27.9 Å². The van der Waals surface area contributed by atoms with Gasteiger partial charge in [0.15, 0.2) is 0 Å². The summed E-state index contributed by atoms with van der Waals surface area (Å²) in [5.41, 5.74) is 2.58. The van der Waals surface area contributed by atoms with Gasteiger partial charge < -0.3 is 4.74 Å². The Morgan fingerprint density at radius 3 is 2.55 bits per heavy atom. The number of nitrogens with zero attached hydrogens (tertiary/aromatic N) is 1. The molecule has 3 aromatic rings. The fourth-order valence-electron chi connectivity index (χ4n) is 2.01. The minimum absolute atomic E-state index is 0.759. The Morgan fingerprint density at radius 1 is 0.850 bits per heavy atom. The lowest BCUT2D eigenvalue weighted by atomic mass is 10.2. The van der Waals surface area contributed by atoms with E-state index in [1.54, 1.807) is 7.11 Å². The van der Waals surface area contributed by atoms with Crippen molar-refractivity contribution < 1.29 is 4.74 Å². The molecule has 0 aliphatic rings. The predicted octanol–water partition coefficient (Wildman–Crippen LogP) is 3.64. The van der Waals surface area contributed by atoms with E-state index in [0.29, 0.717) is 0 Å². The second-order valence-electron chi connectivity index (χ2n) is 4.34. The molecule has 1 heterocycles. The van der Waals surface area contributed by atoms with Crippen molar-refractivity contribution >= 4 is 10.9 Å². The van der Waals surface area contributed by atoms with Gasteiger partial charge in [0.2, 0.25) is 0 Å². The van der Waals surface area contributed by atoms with Crippen LogP contribution in [0.5, 0.6) is 5.75 Å². The van der Waals surface area contributed by atoms with Gasteiger partial charge in [-0.05, 0) is 30.2 Å². The highest BCUT2D eigenvalue weighted by molar-refractivity contribution is 5.78. The van der Waals surface area contributed by atoms with Crippen LogP contribution < -0.4 is 4.74 Å². The Balaban J connectivity index is 1.99. The van der Waals surface area contributed by atoms with Gasteiger partial charge in [-0.3, -0.25) is 0 Å². The summed E-state index contributed by atoms with van der Waals surface area (Å²) in [4.78, 5) is 4.53. The molecule has 0 saturated heterocycles. The number of rotatable bonds is 1. The summed E-state index contributed by atoms with van der Waals surface area (Å²) in [6, 6.07) is 19.7. The maximum absolute atomic E-state index is 5.28. The normalized spacial score (nSPS) is 9.85. The summed E-state index contributed by atoms with van der Waals surface area (Å²) in [6.07, 6.45) is 0. The van der Waals surface area contributed by atoms with E-state index in [1.807, 2.05) is 60.7 Å². The fourth-order valence-corrected chi connectivity index (χ4v) is 2.01. The second-order valence-corrected chi connectivity index (χ2v) is 4.34. The first kappa shape index (κ1) is 12.3. The monoisotopic (exact) mass is 259 g/mol. The molecular formula is C18H13NO. The fraction of sp³-hybridized carbons (Fsp3) is 0.0556. The van der Waals surface area contributed by atoms with E-state index in [-0.39, 0.29) is 0 Å². The highest BCUT2D eigenvalue weighted by Gasteiger charge is 1.98. The van der Waals surface area contributed by atoms with Crippen LogP contribution in [0, 0.1) is 11.8 Å². The molecule has 0 amide bonds. The zero-order valence-electron chi connectivity index (χ0n) is 11.1. The quantitative estimate of drug-likeness (QED) is 0.622. The van der Waals surface area contributed by atoms with Crippen molar-refractivity contribution in [2.24, 2.45) is 0 Å². The van der Waals surface area contributed by atoms with Crippen molar-refractivity contribution in [3.05, 3.63) is 71.9 Å². The summed E-state index contributed by atoms with van der Waals surface area (Å²) in [5, 5.41) is 1.12. The van der Waals surface area contributed by atoms with E-state index in [4.69, 9.17) is 4.74 Å². The van der Waals surface area contributed by atoms with E-state index in [9.17, 15) is 0 Å². The molecule has 0 aliphatic carbocycles.